The van der Waals surface area contributed by atoms with Gasteiger partial charge in [-0.05, 0) is 49.2 Å². The molecule has 2 atom stereocenters. The molecule has 14 heteroatoms. The molecule has 0 aliphatic carbocycles. The first-order valence-corrected chi connectivity index (χ1v) is 15.4. The Morgan fingerprint density at radius 3 is 2.46 bits per heavy atom. The molecule has 6 rings (SSSR count). The molecule has 0 aromatic heterocycles. The Morgan fingerprint density at radius 2 is 1.72 bits per heavy atom. The van der Waals surface area contributed by atoms with E-state index in [1.807, 2.05) is 0 Å². The van der Waals surface area contributed by atoms with Crippen molar-refractivity contribution < 1.29 is 37.9 Å². The van der Waals surface area contributed by atoms with Crippen LogP contribution in [0.25, 0.3) is 0 Å². The molecule has 242 valence electrons. The molecule has 0 bridgehead atoms. The van der Waals surface area contributed by atoms with Gasteiger partial charge >= 0.3 is 0 Å². The monoisotopic (exact) mass is 634 g/mol. The third-order valence-electron chi connectivity index (χ3n) is 9.10. The average molecular weight is 635 g/mol. The van der Waals surface area contributed by atoms with Crippen molar-refractivity contribution in [3.8, 4) is 5.75 Å². The zero-order valence-electron chi connectivity index (χ0n) is 25.4. The highest BCUT2D eigenvalue weighted by atomic mass is 19.1. The predicted molar refractivity (Wildman–Crippen MR) is 162 cm³/mol. The topological polar surface area (TPSA) is 149 Å². The number of imide groups is 2. The summed E-state index contributed by atoms with van der Waals surface area (Å²) in [7, 11) is 1.44. The van der Waals surface area contributed by atoms with Crippen molar-refractivity contribution in [1.29, 1.82) is 0 Å². The van der Waals surface area contributed by atoms with Crippen molar-refractivity contribution in [2.75, 3.05) is 57.8 Å². The van der Waals surface area contributed by atoms with Gasteiger partial charge in [0.25, 0.3) is 17.7 Å². The van der Waals surface area contributed by atoms with E-state index in [1.165, 1.54) is 25.3 Å². The van der Waals surface area contributed by atoms with E-state index >= 15 is 0 Å². The molecule has 6 amide bonds. The lowest BCUT2D eigenvalue weighted by Crippen LogP contribution is -2.54. The average Bonchev–Trinajstić information content (AvgIpc) is 3.62. The number of rotatable bonds is 8. The Labute approximate surface area is 264 Å². The van der Waals surface area contributed by atoms with Crippen LogP contribution in [-0.4, -0.2) is 115 Å². The van der Waals surface area contributed by atoms with Crippen molar-refractivity contribution in [2.45, 2.75) is 37.8 Å². The van der Waals surface area contributed by atoms with Crippen molar-refractivity contribution >= 4 is 41.1 Å². The summed E-state index contributed by atoms with van der Waals surface area (Å²) in [6.45, 7) is 4.17. The van der Waals surface area contributed by atoms with E-state index in [-0.39, 0.29) is 41.5 Å². The van der Waals surface area contributed by atoms with E-state index in [9.17, 15) is 33.2 Å². The lowest BCUT2D eigenvalue weighted by molar-refractivity contribution is -0.136. The van der Waals surface area contributed by atoms with E-state index in [0.717, 1.165) is 10.6 Å². The third kappa shape index (κ3) is 6.16. The molecule has 2 aromatic rings. The summed E-state index contributed by atoms with van der Waals surface area (Å²) in [6, 6.07) is 7.80. The standard InChI is InChI=1S/C32H35FN6O7/c1-46-21-3-5-25(33)24(17-21)29(42)34-19-8-11-38(18-19)28(41)9-10-36-12-14-37(15-13-36)20-2-4-22-23(16-20)32(45)39(31(22)44)26-6-7-27(40)35-30(26)43/h2-5,16-17,19,26H,6-15,18H2,1H3,(H,34,42)(H,35,40,43)/t19-,26-/m0/s1. The van der Waals surface area contributed by atoms with Gasteiger partial charge < -0.3 is 19.9 Å². The van der Waals surface area contributed by atoms with Gasteiger partial charge in [-0.25, -0.2) is 4.39 Å². The number of anilines is 1. The molecule has 2 N–H and O–H groups in total. The first kappa shape index (κ1) is 31.1. The molecule has 3 saturated heterocycles. The van der Waals surface area contributed by atoms with E-state index in [1.54, 1.807) is 23.1 Å². The van der Waals surface area contributed by atoms with Gasteiger partial charge in [-0.15, -0.1) is 0 Å². The highest BCUT2D eigenvalue weighted by molar-refractivity contribution is 6.23. The van der Waals surface area contributed by atoms with Crippen LogP contribution < -0.4 is 20.3 Å². The lowest BCUT2D eigenvalue weighted by Gasteiger charge is -2.36. The van der Waals surface area contributed by atoms with Gasteiger partial charge in [0, 0.05) is 70.4 Å². The van der Waals surface area contributed by atoms with Crippen molar-refractivity contribution in [2.24, 2.45) is 0 Å². The highest BCUT2D eigenvalue weighted by Gasteiger charge is 2.44. The number of hydrogen-bond donors (Lipinski definition) is 2. The summed E-state index contributed by atoms with van der Waals surface area (Å²) < 4.78 is 19.3. The minimum Gasteiger partial charge on any atom is -0.497 e. The van der Waals surface area contributed by atoms with Gasteiger partial charge in [0.2, 0.25) is 17.7 Å². The van der Waals surface area contributed by atoms with Crippen LogP contribution in [0.2, 0.25) is 0 Å². The van der Waals surface area contributed by atoms with Gasteiger partial charge in [0.05, 0.1) is 23.8 Å². The molecule has 13 nitrogen and oxygen atoms in total. The second-order valence-corrected chi connectivity index (χ2v) is 11.9. The summed E-state index contributed by atoms with van der Waals surface area (Å²) in [6.07, 6.45) is 1.08. The fourth-order valence-corrected chi connectivity index (χ4v) is 6.47. The van der Waals surface area contributed by atoms with Crippen LogP contribution in [-0.2, 0) is 14.4 Å². The van der Waals surface area contributed by atoms with Crippen molar-refractivity contribution in [1.82, 2.24) is 25.3 Å². The van der Waals surface area contributed by atoms with E-state index in [2.05, 4.69) is 20.4 Å². The number of halogens is 1. The number of nitrogens with one attached hydrogen (secondary N) is 2. The van der Waals surface area contributed by atoms with E-state index in [4.69, 9.17) is 4.74 Å². The summed E-state index contributed by atoms with van der Waals surface area (Å²) in [4.78, 5) is 82.6. The predicted octanol–water partition coefficient (Wildman–Crippen LogP) is 0.779. The van der Waals surface area contributed by atoms with Gasteiger partial charge in [0.1, 0.15) is 17.6 Å². The largest absolute Gasteiger partial charge is 0.497 e. The Morgan fingerprint density at radius 1 is 0.957 bits per heavy atom. The molecule has 4 aliphatic heterocycles. The first-order chi connectivity index (χ1) is 22.1. The molecule has 4 aliphatic rings. The Hall–Kier alpha value is -4.85. The van der Waals surface area contributed by atoms with Crippen LogP contribution in [0.4, 0.5) is 10.1 Å². The SMILES string of the molecule is COc1ccc(F)c(C(=O)N[C@H]2CCN(C(=O)CCN3CCN(c4ccc5c(c4)C(=O)N([C@H]4CCC(=O)NC4=O)C5=O)CC3)C2)c1. The van der Waals surface area contributed by atoms with Gasteiger partial charge in [-0.3, -0.25) is 43.9 Å². The number of fused-ring (bicyclic) bond motifs is 1. The van der Waals surface area contributed by atoms with Crippen LogP contribution in [0.15, 0.2) is 36.4 Å². The second kappa shape index (κ2) is 12.9. The Bertz CT molecular complexity index is 1610. The minimum absolute atomic E-state index is 0.00545. The molecule has 3 fully saturated rings. The molecule has 0 spiro atoms. The maximum Gasteiger partial charge on any atom is 0.262 e. The van der Waals surface area contributed by atoms with E-state index in [0.29, 0.717) is 64.4 Å². The normalized spacial score (nSPS) is 21.8. The summed E-state index contributed by atoms with van der Waals surface area (Å²) in [5.74, 6) is -2.93. The molecule has 0 unspecified atom stereocenters. The molecule has 46 heavy (non-hydrogen) atoms. The Kier molecular flexibility index (Phi) is 8.71. The Balaban J connectivity index is 0.967. The number of piperidine rings is 1. The maximum absolute atomic E-state index is 14.2. The number of piperazine rings is 1. The van der Waals surface area contributed by atoms with Gasteiger partial charge in [-0.2, -0.15) is 0 Å². The number of hydrogen-bond acceptors (Lipinski definition) is 9. The lowest BCUT2D eigenvalue weighted by atomic mass is 10.0. The van der Waals surface area contributed by atoms with E-state index < -0.39 is 41.4 Å². The molecule has 4 heterocycles. The van der Waals surface area contributed by atoms with Gasteiger partial charge in [0.15, 0.2) is 0 Å². The second-order valence-electron chi connectivity index (χ2n) is 11.9. The van der Waals surface area contributed by atoms with Crippen LogP contribution in [0, 0.1) is 5.82 Å². The number of nitrogens with zero attached hydrogens (tertiary/aromatic N) is 4. The minimum atomic E-state index is -1.01. The number of carbonyl (C=O) groups is 6. The number of methoxy groups -OCH3 is 1. The summed E-state index contributed by atoms with van der Waals surface area (Å²) >= 11 is 0. The highest BCUT2D eigenvalue weighted by Crippen LogP contribution is 2.31. The fourth-order valence-electron chi connectivity index (χ4n) is 6.47. The third-order valence-corrected chi connectivity index (χ3v) is 9.10. The number of carbonyl (C=O) groups excluding carboxylic acids is 6. The number of benzene rings is 2. The fraction of sp³-hybridized carbons (Fsp3) is 0.438. The molecule has 0 radical (unpaired) electrons. The smallest absolute Gasteiger partial charge is 0.262 e. The molecular weight excluding hydrogens is 599 g/mol. The zero-order valence-corrected chi connectivity index (χ0v) is 25.4. The molecular formula is C32H35FN6O7. The van der Waals surface area contributed by atoms with Crippen LogP contribution in [0.3, 0.4) is 0 Å². The zero-order chi connectivity index (χ0) is 32.5. The van der Waals surface area contributed by atoms with Gasteiger partial charge in [-0.1, -0.05) is 0 Å². The van der Waals surface area contributed by atoms with Crippen molar-refractivity contribution in [3.63, 3.8) is 0 Å². The quantitative estimate of drug-likeness (QED) is 0.402. The number of likely N-dealkylation sites (tertiary alicyclic amines) is 1. The maximum atomic E-state index is 14.2. The summed E-state index contributed by atoms with van der Waals surface area (Å²) in [5, 5.41) is 5.03. The summed E-state index contributed by atoms with van der Waals surface area (Å²) in [5.41, 5.74) is 1.18. The first-order valence-electron chi connectivity index (χ1n) is 15.4. The van der Waals surface area contributed by atoms with Crippen molar-refractivity contribution in [3.05, 3.63) is 58.9 Å². The number of ether oxygens (including phenoxy) is 1. The number of amides is 6. The van der Waals surface area contributed by atoms with Crippen LogP contribution in [0.1, 0.15) is 56.8 Å². The van der Waals surface area contributed by atoms with Crippen LogP contribution in [0.5, 0.6) is 5.75 Å². The molecule has 2 aromatic carbocycles. The van der Waals surface area contributed by atoms with Crippen LogP contribution >= 0.6 is 0 Å². The molecule has 0 saturated carbocycles.